The predicted octanol–water partition coefficient (Wildman–Crippen LogP) is 4.63. The predicted molar refractivity (Wildman–Crippen MR) is 107 cm³/mol. The third-order valence-corrected chi connectivity index (χ3v) is 5.11. The van der Waals surface area contributed by atoms with Crippen LogP contribution < -0.4 is 0 Å². The summed E-state index contributed by atoms with van der Waals surface area (Å²) in [4.78, 5) is 9.51. The van der Waals surface area contributed by atoms with Gasteiger partial charge in [0.2, 0.25) is 0 Å². The fourth-order valence-corrected chi connectivity index (χ4v) is 3.27. The number of hydrogen-bond donors (Lipinski definition) is 0. The summed E-state index contributed by atoms with van der Waals surface area (Å²) in [5.74, 6) is 1.95. The monoisotopic (exact) mass is 388 g/mol. The number of halogens is 1. The lowest BCUT2D eigenvalue weighted by Crippen LogP contribution is -2.04. The molecular weight excluding hydrogens is 372 g/mol. The molecular formula is C21H17ClN6. The van der Waals surface area contributed by atoms with Crippen molar-refractivity contribution in [1.29, 1.82) is 0 Å². The number of rotatable bonds is 4. The fraction of sp³-hybridized carbons (Fsp3) is 0.190. The van der Waals surface area contributed by atoms with Crippen LogP contribution in [0.3, 0.4) is 0 Å². The van der Waals surface area contributed by atoms with E-state index in [1.54, 1.807) is 4.68 Å². The Morgan fingerprint density at radius 1 is 1.00 bits per heavy atom. The summed E-state index contributed by atoms with van der Waals surface area (Å²) in [6, 6.07) is 15.7. The second-order valence-corrected chi connectivity index (χ2v) is 7.46. The van der Waals surface area contributed by atoms with Gasteiger partial charge in [-0.25, -0.2) is 9.97 Å². The third-order valence-electron chi connectivity index (χ3n) is 4.86. The Balaban J connectivity index is 1.67. The van der Waals surface area contributed by atoms with Crippen molar-refractivity contribution in [1.82, 2.24) is 30.2 Å². The molecule has 1 fully saturated rings. The van der Waals surface area contributed by atoms with Crippen molar-refractivity contribution in [2.24, 2.45) is 0 Å². The topological polar surface area (TPSA) is 69.4 Å². The van der Waals surface area contributed by atoms with Gasteiger partial charge in [-0.1, -0.05) is 41.4 Å². The van der Waals surface area contributed by atoms with Gasteiger partial charge in [0, 0.05) is 22.7 Å². The average molecular weight is 389 g/mol. The summed E-state index contributed by atoms with van der Waals surface area (Å²) in [5, 5.41) is 13.0. The molecule has 1 saturated carbocycles. The SMILES string of the molecule is Cc1ccc(-c2nc(C3CC3)ncc2-c2nnnn2-c2ccc(Cl)cc2)cc1. The highest BCUT2D eigenvalue weighted by Gasteiger charge is 2.28. The minimum atomic E-state index is 0.463. The lowest BCUT2D eigenvalue weighted by Gasteiger charge is -2.11. The Hall–Kier alpha value is -3.12. The molecule has 2 heterocycles. The van der Waals surface area contributed by atoms with Crippen LogP contribution in [-0.2, 0) is 0 Å². The number of aromatic nitrogens is 6. The van der Waals surface area contributed by atoms with E-state index in [4.69, 9.17) is 16.6 Å². The van der Waals surface area contributed by atoms with Gasteiger partial charge in [-0.05, 0) is 54.5 Å². The number of benzene rings is 2. The maximum absolute atomic E-state index is 6.02. The molecule has 6 nitrogen and oxygen atoms in total. The van der Waals surface area contributed by atoms with Crippen LogP contribution in [0.5, 0.6) is 0 Å². The first kappa shape index (κ1) is 17.0. The Bertz CT molecular complexity index is 1130. The molecule has 138 valence electrons. The first-order valence-electron chi connectivity index (χ1n) is 9.18. The molecule has 0 aliphatic heterocycles. The van der Waals surface area contributed by atoms with Gasteiger partial charge in [-0.15, -0.1) is 5.10 Å². The summed E-state index contributed by atoms with van der Waals surface area (Å²) >= 11 is 6.02. The first-order valence-corrected chi connectivity index (χ1v) is 9.55. The van der Waals surface area contributed by atoms with Crippen molar-refractivity contribution in [3.05, 3.63) is 71.1 Å². The molecule has 0 N–H and O–H groups in total. The third kappa shape index (κ3) is 3.16. The van der Waals surface area contributed by atoms with Crippen LogP contribution in [0.15, 0.2) is 54.7 Å². The van der Waals surface area contributed by atoms with Crippen LogP contribution in [0, 0.1) is 6.92 Å². The molecule has 28 heavy (non-hydrogen) atoms. The lowest BCUT2D eigenvalue weighted by molar-refractivity contribution is 0.791. The fourth-order valence-electron chi connectivity index (χ4n) is 3.14. The number of nitrogens with zero attached hydrogens (tertiary/aromatic N) is 6. The van der Waals surface area contributed by atoms with E-state index in [0.717, 1.165) is 41.2 Å². The van der Waals surface area contributed by atoms with E-state index in [2.05, 4.69) is 51.7 Å². The van der Waals surface area contributed by atoms with E-state index in [0.29, 0.717) is 16.8 Å². The average Bonchev–Trinajstić information content (AvgIpc) is 3.46. The van der Waals surface area contributed by atoms with Crippen molar-refractivity contribution in [3.8, 4) is 28.3 Å². The normalized spacial score (nSPS) is 13.6. The molecule has 0 amide bonds. The van der Waals surface area contributed by atoms with Crippen molar-refractivity contribution >= 4 is 11.6 Å². The quantitative estimate of drug-likeness (QED) is 0.510. The molecule has 2 aromatic carbocycles. The summed E-state index contributed by atoms with van der Waals surface area (Å²) < 4.78 is 1.68. The summed E-state index contributed by atoms with van der Waals surface area (Å²) in [6.07, 6.45) is 4.14. The highest BCUT2D eigenvalue weighted by molar-refractivity contribution is 6.30. The van der Waals surface area contributed by atoms with Crippen molar-refractivity contribution in [2.45, 2.75) is 25.7 Å². The van der Waals surface area contributed by atoms with Gasteiger partial charge in [0.25, 0.3) is 0 Å². The van der Waals surface area contributed by atoms with Crippen molar-refractivity contribution in [2.75, 3.05) is 0 Å². The maximum atomic E-state index is 6.02. The van der Waals surface area contributed by atoms with Crippen molar-refractivity contribution < 1.29 is 0 Å². The minimum Gasteiger partial charge on any atom is -0.240 e. The van der Waals surface area contributed by atoms with E-state index in [9.17, 15) is 0 Å². The largest absolute Gasteiger partial charge is 0.240 e. The van der Waals surface area contributed by atoms with Crippen LogP contribution in [0.4, 0.5) is 0 Å². The Morgan fingerprint density at radius 2 is 1.75 bits per heavy atom. The number of aryl methyl sites for hydroxylation is 1. The van der Waals surface area contributed by atoms with Crippen molar-refractivity contribution in [3.63, 3.8) is 0 Å². The zero-order chi connectivity index (χ0) is 19.1. The second-order valence-electron chi connectivity index (χ2n) is 7.02. The minimum absolute atomic E-state index is 0.463. The molecule has 1 aliphatic carbocycles. The molecule has 7 heteroatoms. The summed E-state index contributed by atoms with van der Waals surface area (Å²) in [5.41, 5.74) is 4.70. The van der Waals surface area contributed by atoms with Gasteiger partial charge in [-0.3, -0.25) is 0 Å². The summed E-state index contributed by atoms with van der Waals surface area (Å²) in [6.45, 7) is 2.07. The van der Waals surface area contributed by atoms with E-state index in [1.165, 1.54) is 5.56 Å². The molecule has 0 spiro atoms. The molecule has 4 aromatic rings. The van der Waals surface area contributed by atoms with Gasteiger partial charge >= 0.3 is 0 Å². The zero-order valence-corrected chi connectivity index (χ0v) is 16.0. The molecule has 0 unspecified atom stereocenters. The molecule has 0 atom stereocenters. The molecule has 0 bridgehead atoms. The Morgan fingerprint density at radius 3 is 2.46 bits per heavy atom. The molecule has 1 aliphatic rings. The first-order chi connectivity index (χ1) is 13.7. The van der Waals surface area contributed by atoms with Gasteiger partial charge in [-0.2, -0.15) is 4.68 Å². The molecule has 0 saturated heterocycles. The molecule has 0 radical (unpaired) electrons. The van der Waals surface area contributed by atoms with Crippen LogP contribution in [0.2, 0.25) is 5.02 Å². The van der Waals surface area contributed by atoms with Crippen LogP contribution in [0.1, 0.15) is 30.1 Å². The van der Waals surface area contributed by atoms with Gasteiger partial charge in [0.1, 0.15) is 5.82 Å². The van der Waals surface area contributed by atoms with Gasteiger partial charge < -0.3 is 0 Å². The van der Waals surface area contributed by atoms with E-state index >= 15 is 0 Å². The standard InChI is InChI=1S/C21H17ClN6/c1-13-2-4-14(5-3-13)19-18(12-23-20(24-19)15-6-7-15)21-25-26-27-28(21)17-10-8-16(22)9-11-17/h2-5,8-12,15H,6-7H2,1H3. The van der Waals surface area contributed by atoms with Gasteiger partial charge in [0.05, 0.1) is 16.9 Å². The number of hydrogen-bond acceptors (Lipinski definition) is 5. The van der Waals surface area contributed by atoms with E-state index in [1.807, 2.05) is 30.5 Å². The highest BCUT2D eigenvalue weighted by Crippen LogP contribution is 2.40. The lowest BCUT2D eigenvalue weighted by atomic mass is 10.0. The maximum Gasteiger partial charge on any atom is 0.190 e. The second kappa shape index (κ2) is 6.80. The zero-order valence-electron chi connectivity index (χ0n) is 15.2. The smallest absolute Gasteiger partial charge is 0.190 e. The van der Waals surface area contributed by atoms with Gasteiger partial charge in [0.15, 0.2) is 5.82 Å². The molecule has 2 aromatic heterocycles. The number of tetrazole rings is 1. The van der Waals surface area contributed by atoms with Crippen LogP contribution >= 0.6 is 11.6 Å². The Labute approximate surface area is 167 Å². The Kier molecular flexibility index (Phi) is 4.13. The van der Waals surface area contributed by atoms with Crippen LogP contribution in [0.25, 0.3) is 28.3 Å². The summed E-state index contributed by atoms with van der Waals surface area (Å²) in [7, 11) is 0. The molecule has 5 rings (SSSR count). The highest BCUT2D eigenvalue weighted by atomic mass is 35.5. The van der Waals surface area contributed by atoms with E-state index < -0.39 is 0 Å². The van der Waals surface area contributed by atoms with E-state index in [-0.39, 0.29) is 0 Å². The van der Waals surface area contributed by atoms with Crippen LogP contribution in [-0.4, -0.2) is 30.2 Å².